The second-order valence-corrected chi connectivity index (χ2v) is 6.72. The maximum atomic E-state index is 6.36. The van der Waals surface area contributed by atoms with Gasteiger partial charge in [-0.05, 0) is 37.1 Å². The fourth-order valence-corrected chi connectivity index (χ4v) is 3.32. The van der Waals surface area contributed by atoms with Crippen molar-refractivity contribution < 1.29 is 13.7 Å². The van der Waals surface area contributed by atoms with E-state index in [1.807, 2.05) is 24.3 Å². The van der Waals surface area contributed by atoms with E-state index in [9.17, 15) is 0 Å². The lowest BCUT2D eigenvalue weighted by Crippen LogP contribution is -2.34. The largest absolute Gasteiger partial charge is 0.497 e. The van der Waals surface area contributed by atoms with E-state index in [0.29, 0.717) is 30.4 Å². The van der Waals surface area contributed by atoms with Crippen LogP contribution in [0.5, 0.6) is 5.75 Å². The van der Waals surface area contributed by atoms with E-state index in [0.717, 1.165) is 42.8 Å². The molecule has 0 spiro atoms. The van der Waals surface area contributed by atoms with E-state index in [1.165, 1.54) is 0 Å². The zero-order valence-electron chi connectivity index (χ0n) is 14.8. The molecule has 0 saturated heterocycles. The number of ether oxygens (including phenoxy) is 1. The molecule has 0 bridgehead atoms. The predicted molar refractivity (Wildman–Crippen MR) is 94.5 cm³/mol. The van der Waals surface area contributed by atoms with Crippen molar-refractivity contribution >= 4 is 0 Å². The lowest BCUT2D eigenvalue weighted by Gasteiger charge is -2.17. The summed E-state index contributed by atoms with van der Waals surface area (Å²) in [6.07, 6.45) is 6.95. The van der Waals surface area contributed by atoms with Crippen LogP contribution in [-0.2, 0) is 18.4 Å². The molecule has 26 heavy (non-hydrogen) atoms. The van der Waals surface area contributed by atoms with Gasteiger partial charge in [0.2, 0.25) is 5.89 Å². The predicted octanol–water partition coefficient (Wildman–Crippen LogP) is 3.25. The van der Waals surface area contributed by atoms with Crippen LogP contribution in [0.25, 0.3) is 11.3 Å². The molecule has 2 heterocycles. The zero-order valence-corrected chi connectivity index (χ0v) is 14.8. The van der Waals surface area contributed by atoms with Gasteiger partial charge >= 0.3 is 0 Å². The van der Waals surface area contributed by atoms with Gasteiger partial charge in [0.15, 0.2) is 17.5 Å². The van der Waals surface area contributed by atoms with Gasteiger partial charge < -0.3 is 19.4 Å². The molecular formula is C19H22N4O3. The van der Waals surface area contributed by atoms with Crippen molar-refractivity contribution in [1.82, 2.24) is 15.1 Å². The number of hydrogen-bond acceptors (Lipinski definition) is 7. The lowest BCUT2D eigenvalue weighted by molar-refractivity contribution is 0.346. The summed E-state index contributed by atoms with van der Waals surface area (Å²) in [5, 5.41) is 4.08. The van der Waals surface area contributed by atoms with Gasteiger partial charge in [-0.1, -0.05) is 18.0 Å². The molecule has 7 nitrogen and oxygen atoms in total. The van der Waals surface area contributed by atoms with Crippen LogP contribution < -0.4 is 10.5 Å². The fourth-order valence-electron chi connectivity index (χ4n) is 3.32. The molecule has 136 valence electrons. The molecule has 1 aliphatic rings. The Labute approximate surface area is 151 Å². The maximum absolute atomic E-state index is 6.36. The van der Waals surface area contributed by atoms with Crippen LogP contribution in [0.1, 0.15) is 43.3 Å². The molecule has 0 unspecified atom stereocenters. The molecule has 0 radical (unpaired) electrons. The van der Waals surface area contributed by atoms with Crippen LogP contribution in [0, 0.1) is 0 Å². The molecular weight excluding hydrogens is 332 g/mol. The Morgan fingerprint density at radius 1 is 1.12 bits per heavy atom. The van der Waals surface area contributed by atoms with Gasteiger partial charge in [-0.3, -0.25) is 0 Å². The molecule has 0 atom stereocenters. The van der Waals surface area contributed by atoms with Crippen molar-refractivity contribution in [3.63, 3.8) is 0 Å². The smallest absolute Gasteiger partial charge is 0.227 e. The Bertz CT molecular complexity index is 863. The van der Waals surface area contributed by atoms with Gasteiger partial charge in [0, 0.05) is 18.4 Å². The maximum Gasteiger partial charge on any atom is 0.227 e. The molecule has 1 aliphatic carbocycles. The van der Waals surface area contributed by atoms with Crippen molar-refractivity contribution in [3.8, 4) is 17.1 Å². The molecule has 1 fully saturated rings. The quantitative estimate of drug-likeness (QED) is 0.725. The van der Waals surface area contributed by atoms with Crippen molar-refractivity contribution in [2.45, 2.75) is 44.1 Å². The second-order valence-electron chi connectivity index (χ2n) is 6.72. The SMILES string of the molecule is COc1ccc(-c2cnc(CCc3nc(C4(N)CCCC4)no3)o2)cc1. The van der Waals surface area contributed by atoms with Crippen LogP contribution >= 0.6 is 0 Å². The van der Waals surface area contributed by atoms with Crippen molar-refractivity contribution in [3.05, 3.63) is 48.1 Å². The average molecular weight is 354 g/mol. The summed E-state index contributed by atoms with van der Waals surface area (Å²) in [7, 11) is 1.64. The summed E-state index contributed by atoms with van der Waals surface area (Å²) in [5.41, 5.74) is 6.89. The van der Waals surface area contributed by atoms with Crippen LogP contribution in [0.4, 0.5) is 0 Å². The van der Waals surface area contributed by atoms with Gasteiger partial charge in [-0.25, -0.2) is 4.98 Å². The Morgan fingerprint density at radius 3 is 2.58 bits per heavy atom. The number of benzene rings is 1. The number of aryl methyl sites for hydroxylation is 2. The molecule has 1 aromatic carbocycles. The fraction of sp³-hybridized carbons (Fsp3) is 0.421. The van der Waals surface area contributed by atoms with Crippen LogP contribution in [0.3, 0.4) is 0 Å². The Kier molecular flexibility index (Phi) is 4.46. The third-order valence-corrected chi connectivity index (χ3v) is 4.89. The third-order valence-electron chi connectivity index (χ3n) is 4.89. The number of hydrogen-bond donors (Lipinski definition) is 1. The zero-order chi connectivity index (χ0) is 18.0. The van der Waals surface area contributed by atoms with Crippen molar-refractivity contribution in [1.29, 1.82) is 0 Å². The van der Waals surface area contributed by atoms with Gasteiger partial charge in [-0.15, -0.1) is 0 Å². The summed E-state index contributed by atoms with van der Waals surface area (Å²) in [5.74, 6) is 3.36. The first-order valence-electron chi connectivity index (χ1n) is 8.87. The van der Waals surface area contributed by atoms with Crippen LogP contribution in [0.2, 0.25) is 0 Å². The minimum Gasteiger partial charge on any atom is -0.497 e. The molecule has 4 rings (SSSR count). The van der Waals surface area contributed by atoms with Crippen molar-refractivity contribution in [2.75, 3.05) is 7.11 Å². The first-order valence-corrected chi connectivity index (χ1v) is 8.87. The number of rotatable bonds is 6. The average Bonchev–Trinajstić information content (AvgIpc) is 3.41. The Hall–Kier alpha value is -2.67. The molecule has 7 heteroatoms. The second kappa shape index (κ2) is 6.92. The van der Waals surface area contributed by atoms with E-state index in [4.69, 9.17) is 19.4 Å². The van der Waals surface area contributed by atoms with Gasteiger partial charge in [0.1, 0.15) is 5.75 Å². The van der Waals surface area contributed by atoms with Crippen molar-refractivity contribution in [2.24, 2.45) is 5.73 Å². The summed E-state index contributed by atoms with van der Waals surface area (Å²) in [6.45, 7) is 0. The first kappa shape index (κ1) is 16.8. The standard InChI is InChI=1S/C19H22N4O3/c1-24-14-6-4-13(5-7-14)15-12-21-16(25-15)8-9-17-22-18(23-26-17)19(20)10-2-3-11-19/h4-7,12H,2-3,8-11,20H2,1H3. The topological polar surface area (TPSA) is 100 Å². The highest BCUT2D eigenvalue weighted by Gasteiger charge is 2.35. The Morgan fingerprint density at radius 2 is 1.85 bits per heavy atom. The van der Waals surface area contributed by atoms with E-state index in [2.05, 4.69) is 15.1 Å². The summed E-state index contributed by atoms with van der Waals surface area (Å²) in [6, 6.07) is 7.66. The number of oxazole rings is 1. The van der Waals surface area contributed by atoms with Gasteiger partial charge in [0.05, 0.1) is 18.8 Å². The molecule has 1 saturated carbocycles. The van der Waals surface area contributed by atoms with E-state index >= 15 is 0 Å². The first-order chi connectivity index (χ1) is 12.7. The normalized spacial score (nSPS) is 16.1. The number of aromatic nitrogens is 3. The molecule has 0 aliphatic heterocycles. The highest BCUT2D eigenvalue weighted by molar-refractivity contribution is 5.57. The monoisotopic (exact) mass is 354 g/mol. The molecule has 0 amide bonds. The van der Waals surface area contributed by atoms with Gasteiger partial charge in [0.25, 0.3) is 0 Å². The van der Waals surface area contributed by atoms with E-state index < -0.39 is 5.54 Å². The van der Waals surface area contributed by atoms with Gasteiger partial charge in [-0.2, -0.15) is 4.98 Å². The van der Waals surface area contributed by atoms with E-state index in [-0.39, 0.29) is 0 Å². The van der Waals surface area contributed by atoms with Crippen LogP contribution in [-0.4, -0.2) is 22.2 Å². The number of nitrogens with zero attached hydrogens (tertiary/aromatic N) is 3. The minimum atomic E-state index is -0.424. The number of methoxy groups -OCH3 is 1. The summed E-state index contributed by atoms with van der Waals surface area (Å²) < 4.78 is 16.3. The minimum absolute atomic E-state index is 0.424. The summed E-state index contributed by atoms with van der Waals surface area (Å²) in [4.78, 5) is 8.81. The molecule has 2 N–H and O–H groups in total. The highest BCUT2D eigenvalue weighted by Crippen LogP contribution is 2.34. The molecule has 2 aromatic heterocycles. The summed E-state index contributed by atoms with van der Waals surface area (Å²) >= 11 is 0. The third kappa shape index (κ3) is 3.35. The van der Waals surface area contributed by atoms with Crippen LogP contribution in [0.15, 0.2) is 39.4 Å². The number of nitrogens with two attached hydrogens (primary N) is 1. The Balaban J connectivity index is 1.39. The van der Waals surface area contributed by atoms with E-state index in [1.54, 1.807) is 13.3 Å². The lowest BCUT2D eigenvalue weighted by atomic mass is 9.99. The highest BCUT2D eigenvalue weighted by atomic mass is 16.5. The molecule has 3 aromatic rings.